The Morgan fingerprint density at radius 3 is 2.71 bits per heavy atom. The van der Waals surface area contributed by atoms with Gasteiger partial charge >= 0.3 is 18.2 Å². The molecule has 5 heterocycles. The van der Waals surface area contributed by atoms with E-state index in [4.69, 9.17) is 31.5 Å². The van der Waals surface area contributed by atoms with E-state index in [1.165, 1.54) is 26.0 Å². The molecule has 230 valence electrons. The number of hydrogen-bond donors (Lipinski definition) is 1. The number of ether oxygens (including phenoxy) is 3. The normalized spacial score (nSPS) is 26.1. The first-order valence-electron chi connectivity index (χ1n) is 13.9. The Hall–Kier alpha value is -2.90. The predicted molar refractivity (Wildman–Crippen MR) is 147 cm³/mol. The number of rotatable bonds is 3. The average Bonchev–Trinajstić information content (AvgIpc) is 3.45. The van der Waals surface area contributed by atoms with Crippen LogP contribution in [0.5, 0.6) is 6.01 Å². The number of nitrogens with zero attached hydrogens (tertiary/aromatic N) is 4. The molecule has 4 unspecified atom stereocenters. The van der Waals surface area contributed by atoms with E-state index in [0.717, 1.165) is 19.0 Å². The van der Waals surface area contributed by atoms with Crippen molar-refractivity contribution in [3.8, 4) is 6.01 Å². The highest BCUT2D eigenvalue weighted by atomic mass is 35.5. The molecule has 2 aromatic rings. The van der Waals surface area contributed by atoms with E-state index in [9.17, 15) is 22.4 Å². The highest BCUT2D eigenvalue weighted by Gasteiger charge is 2.40. The van der Waals surface area contributed by atoms with Gasteiger partial charge in [0.1, 0.15) is 18.5 Å². The summed E-state index contributed by atoms with van der Waals surface area (Å²) in [4.78, 5) is 24.9. The van der Waals surface area contributed by atoms with Gasteiger partial charge in [-0.1, -0.05) is 18.5 Å². The fourth-order valence-electron chi connectivity index (χ4n) is 6.10. The van der Waals surface area contributed by atoms with Crippen LogP contribution in [0.2, 0.25) is 5.02 Å². The second-order valence-electron chi connectivity index (χ2n) is 11.2. The summed E-state index contributed by atoms with van der Waals surface area (Å²) < 4.78 is 70.1. The third-order valence-corrected chi connectivity index (χ3v) is 8.25. The minimum absolute atomic E-state index is 0.0118. The van der Waals surface area contributed by atoms with Gasteiger partial charge in [0.05, 0.1) is 42.7 Å². The zero-order chi connectivity index (χ0) is 30.2. The number of esters is 1. The largest absolute Gasteiger partial charge is 0.467 e. The van der Waals surface area contributed by atoms with Gasteiger partial charge in [-0.3, -0.25) is 9.69 Å². The summed E-state index contributed by atoms with van der Waals surface area (Å²) in [5.74, 6) is 0.0845. The van der Waals surface area contributed by atoms with Gasteiger partial charge in [-0.15, -0.1) is 0 Å². The molecule has 0 spiro atoms. The number of fused-ring (bicyclic) bond motifs is 2. The number of anilines is 2. The van der Waals surface area contributed by atoms with Crippen molar-refractivity contribution in [2.24, 2.45) is 5.92 Å². The fraction of sp³-hybridized carbons (Fsp3) is 0.607. The third kappa shape index (κ3) is 6.68. The van der Waals surface area contributed by atoms with Gasteiger partial charge in [0.25, 0.3) is 0 Å². The molecule has 4 atom stereocenters. The summed E-state index contributed by atoms with van der Waals surface area (Å²) >= 11 is 5.90. The molecule has 0 saturated carbocycles. The lowest BCUT2D eigenvalue weighted by atomic mass is 9.94. The maximum absolute atomic E-state index is 13.8. The summed E-state index contributed by atoms with van der Waals surface area (Å²) in [6.45, 7) is 4.48. The number of halogens is 5. The van der Waals surface area contributed by atoms with Gasteiger partial charge in [-0.25, -0.2) is 4.39 Å². The van der Waals surface area contributed by atoms with Crippen molar-refractivity contribution in [1.82, 2.24) is 14.9 Å². The zero-order valence-electron chi connectivity index (χ0n) is 23.4. The molecule has 2 N–H and O–H groups in total. The number of methoxy groups -OCH3 is 1. The number of benzene rings is 1. The number of carbonyl (C=O) groups is 1. The Balaban J connectivity index is 0.000000330. The number of cyclic esters (lactones) is 1. The molecule has 14 heteroatoms. The van der Waals surface area contributed by atoms with Crippen molar-refractivity contribution >= 4 is 29.1 Å². The molecule has 4 aliphatic rings. The summed E-state index contributed by atoms with van der Waals surface area (Å²) in [6, 6.07) is 2.93. The third-order valence-electron chi connectivity index (χ3n) is 7.95. The first-order chi connectivity index (χ1) is 19.9. The van der Waals surface area contributed by atoms with Gasteiger partial charge in [0, 0.05) is 42.7 Å². The number of carbonyl (C=O) groups excluding carboxylic acids is 1. The van der Waals surface area contributed by atoms with Crippen molar-refractivity contribution in [2.75, 3.05) is 50.5 Å². The van der Waals surface area contributed by atoms with Crippen LogP contribution in [0.4, 0.5) is 29.1 Å². The molecule has 42 heavy (non-hydrogen) atoms. The van der Waals surface area contributed by atoms with Crippen LogP contribution >= 0.6 is 11.6 Å². The molecule has 3 fully saturated rings. The van der Waals surface area contributed by atoms with Crippen LogP contribution in [0.3, 0.4) is 0 Å². The Bertz CT molecular complexity index is 1300. The Morgan fingerprint density at radius 2 is 2.00 bits per heavy atom. The SMILES string of the molecule is COc1nc2c(c(N3CC(=O)OCC(C)C3)n1)COC(c1cc(N)cc(Cl)c1C(F)(F)F)C2.FC1CC2CCCN2C1. The maximum Gasteiger partial charge on any atom is 0.418 e. The molecule has 0 radical (unpaired) electrons. The molecule has 1 aromatic carbocycles. The first-order valence-corrected chi connectivity index (χ1v) is 14.3. The molecule has 3 saturated heterocycles. The van der Waals surface area contributed by atoms with Gasteiger partial charge in [0.2, 0.25) is 0 Å². The van der Waals surface area contributed by atoms with Crippen LogP contribution < -0.4 is 15.4 Å². The molecule has 6 rings (SSSR count). The van der Waals surface area contributed by atoms with Gasteiger partial charge in [-0.2, -0.15) is 23.1 Å². The molecule has 4 aliphatic heterocycles. The second kappa shape index (κ2) is 12.4. The van der Waals surface area contributed by atoms with E-state index in [1.807, 2.05) is 6.92 Å². The van der Waals surface area contributed by atoms with Crippen molar-refractivity contribution in [3.63, 3.8) is 0 Å². The van der Waals surface area contributed by atoms with E-state index < -0.39 is 35.0 Å². The van der Waals surface area contributed by atoms with Gasteiger partial charge in [-0.05, 0) is 43.5 Å². The van der Waals surface area contributed by atoms with Crippen LogP contribution in [0.25, 0.3) is 0 Å². The number of alkyl halides is 4. The number of aromatic nitrogens is 2. The monoisotopic (exact) mass is 615 g/mol. The van der Waals surface area contributed by atoms with Crippen LogP contribution in [0, 0.1) is 5.92 Å². The lowest BCUT2D eigenvalue weighted by molar-refractivity contribution is -0.142. The van der Waals surface area contributed by atoms with E-state index in [-0.39, 0.29) is 49.4 Å². The van der Waals surface area contributed by atoms with Gasteiger partial charge in [0.15, 0.2) is 0 Å². The van der Waals surface area contributed by atoms with E-state index >= 15 is 0 Å². The standard InChI is InChI=1S/C21H22ClF3N4O4.C7H12FN/c1-10-6-29(7-17(30)33-8-10)19-13-9-32-16(5-15(13)27-20(28-19)31-2)12-3-11(26)4-14(22)18(12)21(23,24)25;8-6-4-7-2-1-3-9(7)5-6/h3-4,10,16H,5-9,26H2,1-2H3;6-7H,1-5H2. The quantitative estimate of drug-likeness (QED) is 0.298. The van der Waals surface area contributed by atoms with E-state index in [1.54, 1.807) is 4.90 Å². The minimum Gasteiger partial charge on any atom is -0.467 e. The van der Waals surface area contributed by atoms with Crippen molar-refractivity contribution < 1.29 is 36.6 Å². The summed E-state index contributed by atoms with van der Waals surface area (Å²) in [5, 5.41) is -0.495. The zero-order valence-corrected chi connectivity index (χ0v) is 24.2. The summed E-state index contributed by atoms with van der Waals surface area (Å²) in [5.41, 5.74) is 5.76. The van der Waals surface area contributed by atoms with Crippen molar-refractivity contribution in [2.45, 2.75) is 63.7 Å². The number of hydrogen-bond acceptors (Lipinski definition) is 9. The first kappa shape index (κ1) is 30.6. The highest BCUT2D eigenvalue weighted by molar-refractivity contribution is 6.31. The predicted octanol–water partition coefficient (Wildman–Crippen LogP) is 4.75. The number of nitrogen functional groups attached to an aromatic ring is 1. The lowest BCUT2D eigenvalue weighted by Crippen LogP contribution is -2.34. The van der Waals surface area contributed by atoms with Crippen LogP contribution in [-0.4, -0.2) is 72.9 Å². The molecule has 9 nitrogen and oxygen atoms in total. The second-order valence-corrected chi connectivity index (χ2v) is 11.6. The Morgan fingerprint density at radius 1 is 1.21 bits per heavy atom. The molecular weight excluding hydrogens is 582 g/mol. The fourth-order valence-corrected chi connectivity index (χ4v) is 6.45. The van der Waals surface area contributed by atoms with Crippen LogP contribution in [0.1, 0.15) is 54.7 Å². The number of nitrogens with two attached hydrogens (primary N) is 1. The summed E-state index contributed by atoms with van der Waals surface area (Å²) in [6.07, 6.45) is -2.86. The summed E-state index contributed by atoms with van der Waals surface area (Å²) in [7, 11) is 1.39. The van der Waals surface area contributed by atoms with Crippen molar-refractivity contribution in [1.29, 1.82) is 0 Å². The topological polar surface area (TPSA) is 103 Å². The molecular formula is C28H34ClF4N5O4. The Labute approximate surface area is 246 Å². The minimum atomic E-state index is -4.69. The Kier molecular flexibility index (Phi) is 9.00. The smallest absolute Gasteiger partial charge is 0.418 e. The van der Waals surface area contributed by atoms with Crippen molar-refractivity contribution in [3.05, 3.63) is 39.5 Å². The lowest BCUT2D eigenvalue weighted by Gasteiger charge is -2.31. The van der Waals surface area contributed by atoms with E-state index in [2.05, 4.69) is 14.9 Å². The molecule has 0 amide bonds. The maximum atomic E-state index is 13.8. The highest BCUT2D eigenvalue weighted by Crippen LogP contribution is 2.44. The van der Waals surface area contributed by atoms with Crippen LogP contribution in [0.15, 0.2) is 12.1 Å². The van der Waals surface area contributed by atoms with E-state index in [0.29, 0.717) is 36.2 Å². The average molecular weight is 616 g/mol. The van der Waals surface area contributed by atoms with Crippen LogP contribution in [-0.2, 0) is 33.5 Å². The molecule has 0 aliphatic carbocycles. The molecule has 1 aromatic heterocycles. The molecule has 0 bridgehead atoms. The van der Waals surface area contributed by atoms with Gasteiger partial charge < -0.3 is 24.8 Å².